The average Bonchev–Trinajstić information content (AvgIpc) is 1.78. The molecule has 0 bridgehead atoms. The summed E-state index contributed by atoms with van der Waals surface area (Å²) < 4.78 is 3.17. The molecular weight excluding hydrogens is 218 g/mol. The standard InChI is InChI=1S/C8H18N2O2P2/c1-7(2,3)9-13(11)10(14(9)12)8(4,5)6/h1-6H3/q-2. The van der Waals surface area contributed by atoms with E-state index in [0.717, 1.165) is 0 Å². The highest BCUT2D eigenvalue weighted by atomic mass is 31.3. The lowest BCUT2D eigenvalue weighted by Gasteiger charge is -2.72. The Morgan fingerprint density at radius 3 is 1.07 bits per heavy atom. The number of rotatable bonds is 0. The molecule has 0 spiro atoms. The summed E-state index contributed by atoms with van der Waals surface area (Å²) in [4.78, 5) is 23.8. The van der Waals surface area contributed by atoms with Crippen molar-refractivity contribution in [2.45, 2.75) is 52.6 Å². The molecule has 1 rings (SSSR count). The zero-order valence-electron chi connectivity index (χ0n) is 9.61. The Balaban J connectivity index is 2.76. The van der Waals surface area contributed by atoms with Gasteiger partial charge in [0, 0.05) is 11.1 Å². The van der Waals surface area contributed by atoms with Crippen LogP contribution in [0.2, 0.25) is 0 Å². The first kappa shape index (κ1) is 12.8. The van der Waals surface area contributed by atoms with E-state index in [4.69, 9.17) is 0 Å². The summed E-state index contributed by atoms with van der Waals surface area (Å²) in [5.74, 6) is 0. The van der Waals surface area contributed by atoms with E-state index < -0.39 is 16.9 Å². The third-order valence-electron chi connectivity index (χ3n) is 1.85. The summed E-state index contributed by atoms with van der Waals surface area (Å²) in [6.45, 7) is 11.5. The maximum absolute atomic E-state index is 11.9. The van der Waals surface area contributed by atoms with Crippen molar-refractivity contribution in [3.05, 3.63) is 0 Å². The van der Waals surface area contributed by atoms with Crippen LogP contribution < -0.4 is 9.79 Å². The highest BCUT2D eigenvalue weighted by molar-refractivity contribution is 7.75. The van der Waals surface area contributed by atoms with E-state index in [1.807, 2.05) is 41.5 Å². The first-order valence-electron chi connectivity index (χ1n) is 4.61. The Bertz CT molecular complexity index is 192. The van der Waals surface area contributed by atoms with Crippen molar-refractivity contribution < 1.29 is 9.79 Å². The summed E-state index contributed by atoms with van der Waals surface area (Å²) in [5, 5.41) is 0. The summed E-state index contributed by atoms with van der Waals surface area (Å²) in [5.41, 5.74) is -0.578. The molecular formula is C8H18N2O2P2-2. The lowest BCUT2D eigenvalue weighted by Crippen LogP contribution is -2.58. The van der Waals surface area contributed by atoms with Gasteiger partial charge in [0.25, 0.3) is 0 Å². The minimum atomic E-state index is -1.63. The molecule has 1 aliphatic heterocycles. The van der Waals surface area contributed by atoms with E-state index >= 15 is 0 Å². The highest BCUT2D eigenvalue weighted by Gasteiger charge is 2.44. The Hall–Kier alpha value is 0.700. The Kier molecular flexibility index (Phi) is 3.30. The Labute approximate surface area is 88.8 Å². The second-order valence-electron chi connectivity index (χ2n) is 5.43. The van der Waals surface area contributed by atoms with Crippen LogP contribution >= 0.6 is 16.9 Å². The zero-order valence-corrected chi connectivity index (χ0v) is 11.4. The molecule has 0 amide bonds. The van der Waals surface area contributed by atoms with Crippen LogP contribution in [0.15, 0.2) is 0 Å². The van der Waals surface area contributed by atoms with Crippen molar-refractivity contribution in [2.24, 2.45) is 0 Å². The van der Waals surface area contributed by atoms with E-state index in [-0.39, 0.29) is 11.1 Å². The maximum Gasteiger partial charge on any atom is 0.0203 e. The lowest BCUT2D eigenvalue weighted by atomic mass is 10.1. The van der Waals surface area contributed by atoms with E-state index in [1.165, 1.54) is 0 Å². The second kappa shape index (κ2) is 3.62. The predicted octanol–water partition coefficient (Wildman–Crippen LogP) is 1.38. The van der Waals surface area contributed by atoms with Crippen LogP contribution in [-0.4, -0.2) is 20.0 Å². The first-order valence-corrected chi connectivity index (χ1v) is 6.94. The Morgan fingerprint density at radius 2 is 0.929 bits per heavy atom. The summed E-state index contributed by atoms with van der Waals surface area (Å²) in [6.07, 6.45) is 0. The van der Waals surface area contributed by atoms with Gasteiger partial charge in [-0.2, -0.15) is 0 Å². The number of hydrogen-bond acceptors (Lipinski definition) is 4. The molecule has 1 aliphatic rings. The summed E-state index contributed by atoms with van der Waals surface area (Å²) >= 11 is 0. The fraction of sp³-hybridized carbons (Fsp3) is 1.00. The smallest absolute Gasteiger partial charge is 0.0203 e. The van der Waals surface area contributed by atoms with Crippen LogP contribution in [-0.2, 0) is 0 Å². The molecule has 1 saturated heterocycles. The molecule has 0 aromatic carbocycles. The normalized spacial score (nSPS) is 31.7. The lowest BCUT2D eigenvalue weighted by molar-refractivity contribution is -0.220. The topological polar surface area (TPSA) is 52.6 Å². The third kappa shape index (κ3) is 2.11. The van der Waals surface area contributed by atoms with Gasteiger partial charge in [-0.1, -0.05) is 0 Å². The van der Waals surface area contributed by atoms with E-state index in [9.17, 15) is 9.79 Å². The van der Waals surface area contributed by atoms with Gasteiger partial charge < -0.3 is 9.79 Å². The highest BCUT2D eigenvalue weighted by Crippen LogP contribution is 2.73. The van der Waals surface area contributed by atoms with Crippen LogP contribution in [0.3, 0.4) is 0 Å². The predicted molar refractivity (Wildman–Crippen MR) is 57.0 cm³/mol. The van der Waals surface area contributed by atoms with Gasteiger partial charge in [-0.15, -0.1) is 0 Å². The molecule has 0 saturated carbocycles. The van der Waals surface area contributed by atoms with E-state index in [2.05, 4.69) is 0 Å². The molecule has 0 aromatic rings. The molecule has 0 N–H and O–H groups in total. The third-order valence-corrected chi connectivity index (χ3v) is 7.38. The molecule has 84 valence electrons. The van der Waals surface area contributed by atoms with Gasteiger partial charge in [0.2, 0.25) is 0 Å². The van der Waals surface area contributed by atoms with Gasteiger partial charge in [-0.25, -0.2) is 0 Å². The molecule has 1 heterocycles. The van der Waals surface area contributed by atoms with Crippen molar-refractivity contribution >= 4 is 16.9 Å². The molecule has 0 radical (unpaired) electrons. The zero-order chi connectivity index (χ0) is 11.3. The molecule has 1 fully saturated rings. The minimum Gasteiger partial charge on any atom is -0.805 e. The van der Waals surface area contributed by atoms with Gasteiger partial charge in [0.15, 0.2) is 0 Å². The van der Waals surface area contributed by atoms with Crippen molar-refractivity contribution in [1.29, 1.82) is 0 Å². The van der Waals surface area contributed by atoms with Gasteiger partial charge in [-0.05, 0) is 58.4 Å². The molecule has 0 aromatic heterocycles. The quantitative estimate of drug-likeness (QED) is 0.596. The van der Waals surface area contributed by atoms with Gasteiger partial charge in [0.1, 0.15) is 0 Å². The van der Waals surface area contributed by atoms with E-state index in [0.29, 0.717) is 0 Å². The van der Waals surface area contributed by atoms with Crippen molar-refractivity contribution in [3.63, 3.8) is 0 Å². The summed E-state index contributed by atoms with van der Waals surface area (Å²) in [6, 6.07) is 0. The fourth-order valence-electron chi connectivity index (χ4n) is 1.29. The first-order chi connectivity index (χ1) is 6.07. The Morgan fingerprint density at radius 1 is 0.714 bits per heavy atom. The minimum absolute atomic E-state index is 0.289. The number of nitrogens with zero attached hydrogens (tertiary/aromatic N) is 2. The van der Waals surface area contributed by atoms with Crippen molar-refractivity contribution in [2.75, 3.05) is 0 Å². The second-order valence-corrected chi connectivity index (χ2v) is 8.67. The fourth-order valence-corrected chi connectivity index (χ4v) is 5.15. The molecule has 0 aliphatic carbocycles. The molecule has 14 heavy (non-hydrogen) atoms. The van der Waals surface area contributed by atoms with Gasteiger partial charge >= 0.3 is 0 Å². The van der Waals surface area contributed by atoms with Gasteiger partial charge in [-0.3, -0.25) is 8.88 Å². The SMILES string of the molecule is CC(C)(C)N1P([O-])N(C(C)(C)C)P1[O-]. The van der Waals surface area contributed by atoms with Crippen LogP contribution in [0.1, 0.15) is 41.5 Å². The largest absolute Gasteiger partial charge is 0.805 e. The van der Waals surface area contributed by atoms with Crippen LogP contribution in [0.4, 0.5) is 0 Å². The van der Waals surface area contributed by atoms with Crippen LogP contribution in [0, 0.1) is 0 Å². The molecule has 0 unspecified atom stereocenters. The van der Waals surface area contributed by atoms with Crippen molar-refractivity contribution in [1.82, 2.24) is 8.88 Å². The monoisotopic (exact) mass is 236 g/mol. The van der Waals surface area contributed by atoms with E-state index in [1.54, 1.807) is 8.88 Å². The van der Waals surface area contributed by atoms with Crippen molar-refractivity contribution in [3.8, 4) is 0 Å². The van der Waals surface area contributed by atoms with Gasteiger partial charge in [0.05, 0.1) is 0 Å². The number of hydrogen-bond donors (Lipinski definition) is 0. The van der Waals surface area contributed by atoms with Crippen LogP contribution in [0.5, 0.6) is 0 Å². The molecule has 4 nitrogen and oxygen atoms in total. The average molecular weight is 236 g/mol. The molecule has 6 heteroatoms. The maximum atomic E-state index is 11.9. The molecule has 0 atom stereocenters. The van der Waals surface area contributed by atoms with Crippen LogP contribution in [0.25, 0.3) is 0 Å². The summed E-state index contributed by atoms with van der Waals surface area (Å²) in [7, 11) is -3.25.